The minimum atomic E-state index is -2.09. The number of benzene rings is 7. The van der Waals surface area contributed by atoms with Gasteiger partial charge in [0.1, 0.15) is 31.5 Å². The van der Waals surface area contributed by atoms with E-state index in [-0.39, 0.29) is 77.1 Å². The molecule has 0 saturated carbocycles. The Hall–Kier alpha value is -9.47. The average Bonchev–Trinajstić information content (AvgIpc) is 0.762. The third-order valence-corrected chi connectivity index (χ3v) is 17.5. The summed E-state index contributed by atoms with van der Waals surface area (Å²) in [5.41, 5.74) is 0.347. The zero-order valence-electron chi connectivity index (χ0n) is 58.4. The van der Waals surface area contributed by atoms with Gasteiger partial charge in [0, 0.05) is 19.3 Å². The van der Waals surface area contributed by atoms with E-state index in [1.807, 2.05) is 0 Å². The topological polar surface area (TPSA) is 275 Å². The molecule has 7 aromatic rings. The lowest BCUT2D eigenvalue weighted by Gasteiger charge is -2.48. The summed E-state index contributed by atoms with van der Waals surface area (Å²) in [6.07, 6.45) is -9.39. The third kappa shape index (κ3) is 26.3. The van der Waals surface area contributed by atoms with Crippen molar-refractivity contribution in [2.75, 3.05) is 78.4 Å². The van der Waals surface area contributed by atoms with Crippen molar-refractivity contribution in [1.82, 2.24) is 0 Å². The Morgan fingerprint density at radius 3 is 0.943 bits per heavy atom. The average molecular weight is 1460 g/mol. The highest BCUT2D eigenvalue weighted by molar-refractivity contribution is 8.13. The maximum absolute atomic E-state index is 14.9. The molecule has 7 aromatic carbocycles. The van der Waals surface area contributed by atoms with Crippen molar-refractivity contribution < 1.29 is 109 Å². The predicted molar refractivity (Wildman–Crippen MR) is 383 cm³/mol. The number of carbonyl (C=O) groups excluding carboxylic acids is 8. The van der Waals surface area contributed by atoms with E-state index in [1.54, 1.807) is 134 Å². The first-order valence-corrected chi connectivity index (χ1v) is 36.2. The van der Waals surface area contributed by atoms with Crippen LogP contribution in [-0.2, 0) is 75.8 Å². The molecule has 0 amide bonds. The molecule has 556 valence electrons. The summed E-state index contributed by atoms with van der Waals surface area (Å²) in [4.78, 5) is 113. The Morgan fingerprint density at radius 1 is 0.295 bits per heavy atom. The van der Waals surface area contributed by atoms with E-state index in [0.29, 0.717) is 26.4 Å². The lowest BCUT2D eigenvalue weighted by atomic mass is 9.95. The summed E-state index contributed by atoms with van der Waals surface area (Å²) >= 11 is 1.40. The van der Waals surface area contributed by atoms with Gasteiger partial charge in [-0.05, 0) is 97.8 Å². The highest BCUT2D eigenvalue weighted by Gasteiger charge is 2.58. The molecule has 10 atom stereocenters. The van der Waals surface area contributed by atoms with Crippen LogP contribution >= 0.6 is 11.8 Å². The number of hydrogen-bond donors (Lipinski definition) is 0. The number of rotatable bonds is 42. The second-order valence-electron chi connectivity index (χ2n) is 24.3. The molecule has 23 nitrogen and oxygen atoms in total. The number of carbonyl (C=O) groups is 8. The zero-order chi connectivity index (χ0) is 73.6. The number of unbranched alkanes of at least 4 members (excludes halogenated alkanes) is 7. The summed E-state index contributed by atoms with van der Waals surface area (Å²) in [7, 11) is 0. The fourth-order valence-electron chi connectivity index (χ4n) is 11.3. The van der Waals surface area contributed by atoms with Crippen LogP contribution in [0.25, 0.3) is 0 Å². The van der Waals surface area contributed by atoms with E-state index in [4.69, 9.17) is 71.1 Å². The van der Waals surface area contributed by atoms with Crippen LogP contribution in [0.4, 0.5) is 0 Å². The molecule has 2 aliphatic rings. The van der Waals surface area contributed by atoms with Crippen LogP contribution in [0.1, 0.15) is 131 Å². The van der Waals surface area contributed by atoms with Gasteiger partial charge >= 0.3 is 41.8 Å². The summed E-state index contributed by atoms with van der Waals surface area (Å²) < 4.78 is 94.2. The molecule has 0 radical (unpaired) electrons. The first-order chi connectivity index (χ1) is 51.4. The molecule has 2 fully saturated rings. The van der Waals surface area contributed by atoms with Gasteiger partial charge in [-0.2, -0.15) is 0 Å². The minimum absolute atomic E-state index is 0.00380. The first-order valence-electron chi connectivity index (χ1n) is 35.2. The molecule has 9 rings (SSSR count). The molecule has 2 aliphatic heterocycles. The van der Waals surface area contributed by atoms with Gasteiger partial charge in [0.15, 0.2) is 48.2 Å². The van der Waals surface area contributed by atoms with Crippen molar-refractivity contribution in [3.63, 3.8) is 0 Å². The van der Waals surface area contributed by atoms with Crippen LogP contribution in [0.5, 0.6) is 0 Å². The van der Waals surface area contributed by atoms with Gasteiger partial charge in [-0.25, -0.2) is 33.6 Å². The van der Waals surface area contributed by atoms with Gasteiger partial charge in [-0.1, -0.05) is 178 Å². The molecule has 0 spiro atoms. The van der Waals surface area contributed by atoms with Gasteiger partial charge in [0.2, 0.25) is 0 Å². The van der Waals surface area contributed by atoms with Crippen molar-refractivity contribution >= 4 is 58.7 Å². The quantitative estimate of drug-likeness (QED) is 0.0195. The van der Waals surface area contributed by atoms with Crippen LogP contribution < -0.4 is 0 Å². The molecule has 105 heavy (non-hydrogen) atoms. The SMILES string of the molecule is CC(=O)SCCCCCCCCCCOCCOCCOCCOCCO[C@@H]1O[C@H](COC(=O)c2ccccc2)[C@@H](O[C@@H]2O[C@H](COC(=O)c3ccccc3)[C@H](OC(=O)c3ccccc3)[C@H](OC(=O)c3ccccc3)[C@H]2OC(=O)c2ccccc2)[C@H](OC(=O)c2ccccc2)[C@H]1OC(=O)c1ccccc1. The molecule has 0 bridgehead atoms. The number of thioether (sulfide) groups is 1. The molecule has 24 heteroatoms. The van der Waals surface area contributed by atoms with Crippen molar-refractivity contribution in [1.29, 1.82) is 0 Å². The highest BCUT2D eigenvalue weighted by atomic mass is 32.2. The number of esters is 7. The van der Waals surface area contributed by atoms with Crippen molar-refractivity contribution in [3.05, 3.63) is 251 Å². The molecular weight excluding hydrogens is 1370 g/mol. The Kier molecular flexibility index (Phi) is 33.6. The Morgan fingerprint density at radius 2 is 0.571 bits per heavy atom. The van der Waals surface area contributed by atoms with Crippen LogP contribution in [0.2, 0.25) is 0 Å². The fourth-order valence-corrected chi connectivity index (χ4v) is 11.9. The second-order valence-corrected chi connectivity index (χ2v) is 25.6. The van der Waals surface area contributed by atoms with Gasteiger partial charge in [-0.3, -0.25) is 4.79 Å². The first kappa shape index (κ1) is 79.6. The fraction of sp³-hybridized carbons (Fsp3) is 0.383. The number of ether oxygens (including phenoxy) is 15. The van der Waals surface area contributed by atoms with Crippen molar-refractivity contribution in [2.24, 2.45) is 0 Å². The molecular formula is C81H88O23S. The summed E-state index contributed by atoms with van der Waals surface area (Å²) in [5, 5.41) is 0.178. The van der Waals surface area contributed by atoms with Gasteiger partial charge < -0.3 is 71.1 Å². The minimum Gasteiger partial charge on any atom is -0.459 e. The van der Waals surface area contributed by atoms with Crippen molar-refractivity contribution in [2.45, 2.75) is 120 Å². The van der Waals surface area contributed by atoms with Crippen LogP contribution in [0.3, 0.4) is 0 Å². The summed E-state index contributed by atoms with van der Waals surface area (Å²) in [6.45, 7) is 2.25. The van der Waals surface area contributed by atoms with E-state index in [0.717, 1.165) is 31.4 Å². The summed E-state index contributed by atoms with van der Waals surface area (Å²) in [6, 6.07) is 54.9. The molecule has 2 heterocycles. The van der Waals surface area contributed by atoms with E-state index >= 15 is 0 Å². The van der Waals surface area contributed by atoms with E-state index in [2.05, 4.69) is 0 Å². The van der Waals surface area contributed by atoms with E-state index in [1.165, 1.54) is 122 Å². The molecule has 0 N–H and O–H groups in total. The van der Waals surface area contributed by atoms with Crippen molar-refractivity contribution in [3.8, 4) is 0 Å². The normalized spacial score (nSPS) is 19.8. The van der Waals surface area contributed by atoms with Crippen LogP contribution in [-0.4, -0.2) is 187 Å². The lowest BCUT2D eigenvalue weighted by molar-refractivity contribution is -0.356. The Labute approximate surface area is 614 Å². The van der Waals surface area contributed by atoms with Gasteiger partial charge in [0.25, 0.3) is 0 Å². The van der Waals surface area contributed by atoms with Gasteiger partial charge in [0.05, 0.1) is 91.8 Å². The summed E-state index contributed by atoms with van der Waals surface area (Å²) in [5.74, 6) is -5.72. The Balaban J connectivity index is 0.989. The molecule has 0 aromatic heterocycles. The lowest BCUT2D eigenvalue weighted by Crippen LogP contribution is -2.67. The zero-order valence-corrected chi connectivity index (χ0v) is 59.2. The third-order valence-electron chi connectivity index (χ3n) is 16.6. The smallest absolute Gasteiger partial charge is 0.338 e. The second kappa shape index (κ2) is 44.4. The standard InChI is InChI=1S/C81H88O23S/c1-57(82)105-54-30-7-5-3-2-4-6-29-45-90-46-47-91-48-49-92-50-51-93-52-53-94-80-71(102-78(88)63-41-25-13-26-42-63)70(101-77(87)62-39-23-12-24-40-62)68(66(97-80)56-96-74(84)59-33-17-9-18-34-59)104-81-72(103-79(89)64-43-27-14-28-44-64)69(100-76(86)61-37-21-11-22-38-61)67(99-75(85)60-35-19-10-20-36-60)65(98-81)55-95-73(83)58-31-15-8-16-32-58/h8-28,31-44,65-72,80-81H,2-7,29-30,45-56H2,1H3/t65-,66-,67+,68-,69+,70+,71-,72-,80-,81+/m1/s1. The molecule has 0 aliphatic carbocycles. The largest absolute Gasteiger partial charge is 0.459 e. The Bertz CT molecular complexity index is 3750. The highest BCUT2D eigenvalue weighted by Crippen LogP contribution is 2.37. The molecule has 0 unspecified atom stereocenters. The maximum atomic E-state index is 14.9. The number of hydrogen-bond acceptors (Lipinski definition) is 24. The maximum Gasteiger partial charge on any atom is 0.338 e. The van der Waals surface area contributed by atoms with Crippen LogP contribution in [0.15, 0.2) is 212 Å². The van der Waals surface area contributed by atoms with Crippen LogP contribution in [0, 0.1) is 0 Å². The monoisotopic (exact) mass is 1460 g/mol. The van der Waals surface area contributed by atoms with E-state index < -0.39 is 116 Å². The predicted octanol–water partition coefficient (Wildman–Crippen LogP) is 12.1. The molecule has 2 saturated heterocycles. The van der Waals surface area contributed by atoms with E-state index in [9.17, 15) is 38.4 Å². The van der Waals surface area contributed by atoms with Gasteiger partial charge in [-0.15, -0.1) is 0 Å².